The third-order valence-corrected chi connectivity index (χ3v) is 3.97. The number of nitrogens with two attached hydrogens (primary N) is 1. The normalized spacial score (nSPS) is 11.1. The first kappa shape index (κ1) is 14.7. The molecule has 0 heterocycles. The van der Waals surface area contributed by atoms with Gasteiger partial charge in [0, 0.05) is 16.9 Å². The molecule has 3 N–H and O–H groups in total. The van der Waals surface area contributed by atoms with Gasteiger partial charge in [-0.2, -0.15) is 11.8 Å². The van der Waals surface area contributed by atoms with E-state index in [9.17, 15) is 4.79 Å². The Bertz CT molecular complexity index is 433. The van der Waals surface area contributed by atoms with Gasteiger partial charge in [-0.3, -0.25) is 4.79 Å². The molecule has 0 aromatic heterocycles. The van der Waals surface area contributed by atoms with Gasteiger partial charge in [-0.15, -0.1) is 0 Å². The smallest absolute Gasteiger partial charge is 0.251 e. The largest absolute Gasteiger partial charge is 0.495 e. The van der Waals surface area contributed by atoms with Crippen LogP contribution in [0.25, 0.3) is 0 Å². The molecule has 0 atom stereocenters. The standard InChI is InChI=1S/C13H20N2O2S/c1-13(2,18-4)8-15-12(16)9-5-6-10(14)11(7-9)17-3/h5-7H,8,14H2,1-4H3,(H,15,16). The maximum atomic E-state index is 12.0. The molecule has 4 nitrogen and oxygen atoms in total. The van der Waals surface area contributed by atoms with Crippen LogP contribution in [0, 0.1) is 0 Å². The van der Waals surface area contributed by atoms with Gasteiger partial charge in [0.1, 0.15) is 5.75 Å². The molecule has 0 unspecified atom stereocenters. The molecule has 18 heavy (non-hydrogen) atoms. The summed E-state index contributed by atoms with van der Waals surface area (Å²) in [6, 6.07) is 5.02. The average molecular weight is 268 g/mol. The number of methoxy groups -OCH3 is 1. The van der Waals surface area contributed by atoms with Crippen molar-refractivity contribution in [1.29, 1.82) is 0 Å². The number of amides is 1. The zero-order valence-electron chi connectivity index (χ0n) is 11.2. The molecular weight excluding hydrogens is 248 g/mol. The minimum atomic E-state index is -0.115. The summed E-state index contributed by atoms with van der Waals surface area (Å²) >= 11 is 1.71. The highest BCUT2D eigenvalue weighted by Gasteiger charge is 2.17. The van der Waals surface area contributed by atoms with Crippen molar-refractivity contribution < 1.29 is 9.53 Å². The Balaban J connectivity index is 2.73. The summed E-state index contributed by atoms with van der Waals surface area (Å²) in [6.07, 6.45) is 2.03. The number of carbonyl (C=O) groups excluding carboxylic acids is 1. The Morgan fingerprint density at radius 3 is 2.72 bits per heavy atom. The van der Waals surface area contributed by atoms with Crippen LogP contribution in [0.15, 0.2) is 18.2 Å². The fourth-order valence-electron chi connectivity index (χ4n) is 1.32. The SMILES string of the molecule is COc1cc(C(=O)NCC(C)(C)SC)ccc1N. The van der Waals surface area contributed by atoms with Crippen molar-refractivity contribution in [3.8, 4) is 5.75 Å². The lowest BCUT2D eigenvalue weighted by Crippen LogP contribution is -2.36. The van der Waals surface area contributed by atoms with Crippen molar-refractivity contribution in [2.24, 2.45) is 0 Å². The number of hydrogen-bond donors (Lipinski definition) is 2. The summed E-state index contributed by atoms with van der Waals surface area (Å²) < 4.78 is 5.11. The molecule has 1 aromatic rings. The van der Waals surface area contributed by atoms with E-state index in [4.69, 9.17) is 10.5 Å². The van der Waals surface area contributed by atoms with E-state index in [0.29, 0.717) is 23.5 Å². The Morgan fingerprint density at radius 2 is 2.17 bits per heavy atom. The Kier molecular flexibility index (Phi) is 4.90. The Hall–Kier alpha value is -1.36. The highest BCUT2D eigenvalue weighted by molar-refractivity contribution is 7.99. The average Bonchev–Trinajstić information content (AvgIpc) is 2.36. The van der Waals surface area contributed by atoms with Gasteiger partial charge >= 0.3 is 0 Å². The minimum Gasteiger partial charge on any atom is -0.495 e. The van der Waals surface area contributed by atoms with Crippen LogP contribution in [-0.4, -0.2) is 30.6 Å². The van der Waals surface area contributed by atoms with Crippen LogP contribution < -0.4 is 15.8 Å². The van der Waals surface area contributed by atoms with E-state index in [-0.39, 0.29) is 10.7 Å². The number of hydrogen-bond acceptors (Lipinski definition) is 4. The molecule has 1 aromatic carbocycles. The van der Waals surface area contributed by atoms with Gasteiger partial charge in [0.2, 0.25) is 0 Å². The first-order valence-corrected chi connectivity index (χ1v) is 6.89. The van der Waals surface area contributed by atoms with Gasteiger partial charge in [0.15, 0.2) is 0 Å². The van der Waals surface area contributed by atoms with E-state index in [1.807, 2.05) is 6.26 Å². The number of rotatable bonds is 5. The second-order valence-corrected chi connectivity index (χ2v) is 6.12. The van der Waals surface area contributed by atoms with E-state index in [2.05, 4.69) is 19.2 Å². The van der Waals surface area contributed by atoms with Crippen molar-refractivity contribution in [2.45, 2.75) is 18.6 Å². The summed E-state index contributed by atoms with van der Waals surface area (Å²) in [7, 11) is 1.53. The van der Waals surface area contributed by atoms with Crippen LogP contribution in [0.3, 0.4) is 0 Å². The summed E-state index contributed by atoms with van der Waals surface area (Å²) in [4.78, 5) is 12.0. The Morgan fingerprint density at radius 1 is 1.50 bits per heavy atom. The van der Waals surface area contributed by atoms with Gasteiger partial charge in [-0.25, -0.2) is 0 Å². The third-order valence-electron chi connectivity index (χ3n) is 2.72. The van der Waals surface area contributed by atoms with Gasteiger partial charge in [0.25, 0.3) is 5.91 Å². The van der Waals surface area contributed by atoms with Crippen LogP contribution in [0.2, 0.25) is 0 Å². The van der Waals surface area contributed by atoms with Crippen LogP contribution in [-0.2, 0) is 0 Å². The fourth-order valence-corrected chi connectivity index (χ4v) is 1.54. The zero-order valence-corrected chi connectivity index (χ0v) is 12.1. The molecule has 100 valence electrons. The number of anilines is 1. The van der Waals surface area contributed by atoms with Crippen molar-refractivity contribution in [3.05, 3.63) is 23.8 Å². The lowest BCUT2D eigenvalue weighted by molar-refractivity contribution is 0.0950. The summed E-state index contributed by atoms with van der Waals surface area (Å²) in [6.45, 7) is 4.78. The van der Waals surface area contributed by atoms with Crippen molar-refractivity contribution in [2.75, 3.05) is 25.6 Å². The molecule has 0 aliphatic rings. The minimum absolute atomic E-state index is 0.0214. The predicted molar refractivity (Wildman–Crippen MR) is 77.3 cm³/mol. The van der Waals surface area contributed by atoms with Crippen molar-refractivity contribution >= 4 is 23.4 Å². The van der Waals surface area contributed by atoms with E-state index in [1.54, 1.807) is 30.0 Å². The molecule has 0 fully saturated rings. The van der Waals surface area contributed by atoms with Gasteiger partial charge in [-0.1, -0.05) is 0 Å². The quantitative estimate of drug-likeness (QED) is 0.803. The monoisotopic (exact) mass is 268 g/mol. The molecule has 5 heteroatoms. The summed E-state index contributed by atoms with van der Waals surface area (Å²) in [5.74, 6) is 0.405. The molecule has 0 aliphatic carbocycles. The molecule has 1 rings (SSSR count). The molecule has 0 aliphatic heterocycles. The zero-order chi connectivity index (χ0) is 13.8. The predicted octanol–water partition coefficient (Wildman–Crippen LogP) is 2.15. The maximum Gasteiger partial charge on any atom is 0.251 e. The van der Waals surface area contributed by atoms with Crippen LogP contribution in [0.1, 0.15) is 24.2 Å². The number of benzene rings is 1. The van der Waals surface area contributed by atoms with E-state index >= 15 is 0 Å². The summed E-state index contributed by atoms with van der Waals surface area (Å²) in [5, 5.41) is 2.90. The molecule has 0 saturated carbocycles. The first-order chi connectivity index (χ1) is 8.39. The van der Waals surface area contributed by atoms with Gasteiger partial charge < -0.3 is 15.8 Å². The Labute approximate surface area is 112 Å². The van der Waals surface area contributed by atoms with E-state index in [1.165, 1.54) is 7.11 Å². The van der Waals surface area contributed by atoms with Crippen LogP contribution in [0.5, 0.6) is 5.75 Å². The van der Waals surface area contributed by atoms with Crippen molar-refractivity contribution in [1.82, 2.24) is 5.32 Å². The number of thioether (sulfide) groups is 1. The van der Waals surface area contributed by atoms with Crippen LogP contribution >= 0.6 is 11.8 Å². The maximum absolute atomic E-state index is 12.0. The van der Waals surface area contributed by atoms with E-state index in [0.717, 1.165) is 0 Å². The molecule has 0 radical (unpaired) electrons. The number of nitrogen functional groups attached to an aromatic ring is 1. The fraction of sp³-hybridized carbons (Fsp3) is 0.462. The number of nitrogens with one attached hydrogen (secondary N) is 1. The van der Waals surface area contributed by atoms with Crippen molar-refractivity contribution in [3.63, 3.8) is 0 Å². The topological polar surface area (TPSA) is 64.3 Å². The van der Waals surface area contributed by atoms with Crippen LogP contribution in [0.4, 0.5) is 5.69 Å². The summed E-state index contributed by atoms with van der Waals surface area (Å²) in [5.41, 5.74) is 6.78. The molecule has 0 spiro atoms. The highest BCUT2D eigenvalue weighted by atomic mass is 32.2. The number of ether oxygens (including phenoxy) is 1. The highest BCUT2D eigenvalue weighted by Crippen LogP contribution is 2.23. The van der Waals surface area contributed by atoms with Gasteiger partial charge in [-0.05, 0) is 38.3 Å². The second-order valence-electron chi connectivity index (χ2n) is 4.60. The number of carbonyl (C=O) groups is 1. The lowest BCUT2D eigenvalue weighted by Gasteiger charge is -2.22. The molecule has 0 saturated heterocycles. The molecule has 1 amide bonds. The molecular formula is C13H20N2O2S. The first-order valence-electron chi connectivity index (χ1n) is 5.66. The second kappa shape index (κ2) is 6.00. The van der Waals surface area contributed by atoms with Gasteiger partial charge in [0.05, 0.1) is 12.8 Å². The lowest BCUT2D eigenvalue weighted by atomic mass is 10.1. The van der Waals surface area contributed by atoms with E-state index < -0.39 is 0 Å². The molecule has 0 bridgehead atoms. The third kappa shape index (κ3) is 3.84.